The van der Waals surface area contributed by atoms with Crippen LogP contribution in [-0.4, -0.2) is 43.4 Å². The quantitative estimate of drug-likeness (QED) is 0.845. The summed E-state index contributed by atoms with van der Waals surface area (Å²) in [5.74, 6) is -0.0721. The summed E-state index contributed by atoms with van der Waals surface area (Å²) < 4.78 is 5.38. The molecular formula is C19H22N2O2S. The standard InChI is InChI=1S/C19H22N2O2S/c1-24-18-7-3-6-17(13-18)20-19(22)16-5-2-4-15(12-16)14-21-8-10-23-11-9-21/h2-7,12-13H,8-11,14H2,1H3,(H,20,22). The molecule has 1 saturated heterocycles. The minimum atomic E-state index is -0.0721. The number of thioether (sulfide) groups is 1. The minimum Gasteiger partial charge on any atom is -0.379 e. The molecule has 0 aliphatic carbocycles. The van der Waals surface area contributed by atoms with E-state index in [1.54, 1.807) is 11.8 Å². The van der Waals surface area contributed by atoms with E-state index in [9.17, 15) is 4.79 Å². The van der Waals surface area contributed by atoms with Gasteiger partial charge in [0.2, 0.25) is 0 Å². The molecule has 4 nitrogen and oxygen atoms in total. The molecule has 2 aromatic rings. The van der Waals surface area contributed by atoms with Gasteiger partial charge in [-0.1, -0.05) is 18.2 Å². The zero-order chi connectivity index (χ0) is 16.8. The predicted molar refractivity (Wildman–Crippen MR) is 98.7 cm³/mol. The van der Waals surface area contributed by atoms with Crippen LogP contribution in [0.4, 0.5) is 5.69 Å². The summed E-state index contributed by atoms with van der Waals surface area (Å²) in [6.45, 7) is 4.31. The van der Waals surface area contributed by atoms with E-state index >= 15 is 0 Å². The first kappa shape index (κ1) is 17.0. The zero-order valence-electron chi connectivity index (χ0n) is 13.8. The molecule has 1 aliphatic rings. The van der Waals surface area contributed by atoms with Crippen molar-refractivity contribution in [2.45, 2.75) is 11.4 Å². The van der Waals surface area contributed by atoms with E-state index in [4.69, 9.17) is 4.74 Å². The summed E-state index contributed by atoms with van der Waals surface area (Å²) in [5.41, 5.74) is 2.67. The maximum atomic E-state index is 12.5. The van der Waals surface area contributed by atoms with Gasteiger partial charge in [0.25, 0.3) is 5.91 Å². The molecule has 1 aliphatic heterocycles. The lowest BCUT2D eigenvalue weighted by atomic mass is 10.1. The molecule has 0 atom stereocenters. The number of ether oxygens (including phenoxy) is 1. The molecule has 1 amide bonds. The van der Waals surface area contributed by atoms with Crippen molar-refractivity contribution in [3.8, 4) is 0 Å². The number of carbonyl (C=O) groups excluding carboxylic acids is 1. The third-order valence-electron chi connectivity index (χ3n) is 4.03. The van der Waals surface area contributed by atoms with Crippen LogP contribution in [-0.2, 0) is 11.3 Å². The van der Waals surface area contributed by atoms with Crippen molar-refractivity contribution in [1.29, 1.82) is 0 Å². The average molecular weight is 342 g/mol. The fourth-order valence-electron chi connectivity index (χ4n) is 2.73. The molecule has 0 spiro atoms. The molecule has 0 bridgehead atoms. The van der Waals surface area contributed by atoms with Gasteiger partial charge in [0.15, 0.2) is 0 Å². The molecule has 3 rings (SSSR count). The summed E-state index contributed by atoms with van der Waals surface area (Å²) in [4.78, 5) is 16.0. The van der Waals surface area contributed by atoms with Crippen LogP contribution >= 0.6 is 11.8 Å². The molecule has 1 heterocycles. The van der Waals surface area contributed by atoms with E-state index in [1.807, 2.05) is 48.7 Å². The number of nitrogens with one attached hydrogen (secondary N) is 1. The maximum absolute atomic E-state index is 12.5. The maximum Gasteiger partial charge on any atom is 0.255 e. The Morgan fingerprint density at radius 3 is 2.75 bits per heavy atom. The Balaban J connectivity index is 1.67. The first-order valence-corrected chi connectivity index (χ1v) is 9.31. The first-order valence-electron chi connectivity index (χ1n) is 8.09. The van der Waals surface area contributed by atoms with Crippen molar-refractivity contribution >= 4 is 23.4 Å². The van der Waals surface area contributed by atoms with Crippen molar-refractivity contribution in [3.05, 3.63) is 59.7 Å². The summed E-state index contributed by atoms with van der Waals surface area (Å²) in [6, 6.07) is 15.7. The number of hydrogen-bond donors (Lipinski definition) is 1. The number of morpholine rings is 1. The van der Waals surface area contributed by atoms with Crippen LogP contribution in [0, 0.1) is 0 Å². The lowest BCUT2D eigenvalue weighted by Gasteiger charge is -2.26. The third-order valence-corrected chi connectivity index (χ3v) is 4.75. The second-order valence-corrected chi connectivity index (χ2v) is 6.65. The number of amides is 1. The van der Waals surface area contributed by atoms with E-state index in [-0.39, 0.29) is 5.91 Å². The Labute approximate surface area is 147 Å². The highest BCUT2D eigenvalue weighted by Gasteiger charge is 2.12. The van der Waals surface area contributed by atoms with Crippen molar-refractivity contribution in [2.24, 2.45) is 0 Å². The van der Waals surface area contributed by atoms with Gasteiger partial charge >= 0.3 is 0 Å². The topological polar surface area (TPSA) is 41.6 Å². The lowest BCUT2D eigenvalue weighted by Crippen LogP contribution is -2.35. The van der Waals surface area contributed by atoms with Crippen molar-refractivity contribution in [3.63, 3.8) is 0 Å². The highest BCUT2D eigenvalue weighted by molar-refractivity contribution is 7.98. The Hall–Kier alpha value is -1.82. The zero-order valence-corrected chi connectivity index (χ0v) is 14.6. The van der Waals surface area contributed by atoms with Crippen LogP contribution < -0.4 is 5.32 Å². The van der Waals surface area contributed by atoms with E-state index < -0.39 is 0 Å². The van der Waals surface area contributed by atoms with Crippen LogP contribution in [0.1, 0.15) is 15.9 Å². The summed E-state index contributed by atoms with van der Waals surface area (Å²) in [7, 11) is 0. The molecule has 5 heteroatoms. The number of anilines is 1. The van der Waals surface area contributed by atoms with E-state index in [0.717, 1.165) is 49.0 Å². The van der Waals surface area contributed by atoms with Gasteiger partial charge in [-0.05, 0) is 42.2 Å². The van der Waals surface area contributed by atoms with Crippen LogP contribution in [0.15, 0.2) is 53.4 Å². The minimum absolute atomic E-state index is 0.0721. The van der Waals surface area contributed by atoms with Gasteiger partial charge in [0.05, 0.1) is 13.2 Å². The van der Waals surface area contributed by atoms with Crippen molar-refractivity contribution < 1.29 is 9.53 Å². The summed E-state index contributed by atoms with van der Waals surface area (Å²) in [5, 5.41) is 2.98. The molecule has 126 valence electrons. The molecule has 1 fully saturated rings. The van der Waals surface area contributed by atoms with E-state index in [0.29, 0.717) is 5.56 Å². The highest BCUT2D eigenvalue weighted by atomic mass is 32.2. The van der Waals surface area contributed by atoms with Crippen LogP contribution in [0.25, 0.3) is 0 Å². The molecule has 0 unspecified atom stereocenters. The van der Waals surface area contributed by atoms with Gasteiger partial charge in [-0.25, -0.2) is 0 Å². The smallest absolute Gasteiger partial charge is 0.255 e. The lowest BCUT2D eigenvalue weighted by molar-refractivity contribution is 0.0342. The van der Waals surface area contributed by atoms with E-state index in [1.165, 1.54) is 0 Å². The van der Waals surface area contributed by atoms with Crippen LogP contribution in [0.2, 0.25) is 0 Å². The second kappa shape index (κ2) is 8.33. The summed E-state index contributed by atoms with van der Waals surface area (Å²) in [6.07, 6.45) is 2.02. The Morgan fingerprint density at radius 1 is 1.17 bits per heavy atom. The number of hydrogen-bond acceptors (Lipinski definition) is 4. The monoisotopic (exact) mass is 342 g/mol. The predicted octanol–water partition coefficient (Wildman–Crippen LogP) is 3.49. The molecule has 0 aromatic heterocycles. The van der Waals surface area contributed by atoms with Crippen molar-refractivity contribution in [1.82, 2.24) is 4.90 Å². The largest absolute Gasteiger partial charge is 0.379 e. The molecule has 24 heavy (non-hydrogen) atoms. The molecule has 1 N–H and O–H groups in total. The van der Waals surface area contributed by atoms with Gasteiger partial charge < -0.3 is 10.1 Å². The molecule has 0 saturated carbocycles. The van der Waals surface area contributed by atoms with Gasteiger partial charge in [0, 0.05) is 35.8 Å². The van der Waals surface area contributed by atoms with Gasteiger partial charge in [-0.3, -0.25) is 9.69 Å². The Morgan fingerprint density at radius 2 is 1.96 bits per heavy atom. The third kappa shape index (κ3) is 4.60. The molecule has 0 radical (unpaired) electrons. The second-order valence-electron chi connectivity index (χ2n) is 5.77. The summed E-state index contributed by atoms with van der Waals surface area (Å²) >= 11 is 1.66. The molecular weight excluding hydrogens is 320 g/mol. The normalized spacial score (nSPS) is 15.2. The van der Waals surface area contributed by atoms with Crippen LogP contribution in [0.3, 0.4) is 0 Å². The van der Waals surface area contributed by atoms with E-state index in [2.05, 4.69) is 16.3 Å². The fraction of sp³-hybridized carbons (Fsp3) is 0.316. The number of carbonyl (C=O) groups is 1. The van der Waals surface area contributed by atoms with Crippen molar-refractivity contribution in [2.75, 3.05) is 37.9 Å². The van der Waals surface area contributed by atoms with Crippen LogP contribution in [0.5, 0.6) is 0 Å². The highest BCUT2D eigenvalue weighted by Crippen LogP contribution is 2.20. The average Bonchev–Trinajstić information content (AvgIpc) is 2.63. The number of benzene rings is 2. The first-order chi connectivity index (χ1) is 11.7. The van der Waals surface area contributed by atoms with Gasteiger partial charge in [0.1, 0.15) is 0 Å². The fourth-order valence-corrected chi connectivity index (χ4v) is 3.19. The van der Waals surface area contributed by atoms with Gasteiger partial charge in [-0.2, -0.15) is 0 Å². The number of rotatable bonds is 5. The SMILES string of the molecule is CSc1cccc(NC(=O)c2cccc(CN3CCOCC3)c2)c1. The molecule has 2 aromatic carbocycles. The Kier molecular flexibility index (Phi) is 5.91. The van der Waals surface area contributed by atoms with Gasteiger partial charge in [-0.15, -0.1) is 11.8 Å². The Bertz CT molecular complexity index is 699. The number of nitrogens with zero attached hydrogens (tertiary/aromatic N) is 1.